The predicted molar refractivity (Wildman–Crippen MR) is 83.6 cm³/mol. The Kier molecular flexibility index (Phi) is 6.00. The van der Waals surface area contributed by atoms with Crippen LogP contribution in [0.2, 0.25) is 0 Å². The number of amides is 2. The van der Waals surface area contributed by atoms with Crippen LogP contribution in [0.5, 0.6) is 5.75 Å². The highest BCUT2D eigenvalue weighted by atomic mass is 16.6. The second kappa shape index (κ2) is 8.19. The van der Waals surface area contributed by atoms with Gasteiger partial charge in [0, 0.05) is 26.2 Å². The zero-order chi connectivity index (χ0) is 17.5. The van der Waals surface area contributed by atoms with Crippen LogP contribution in [0.1, 0.15) is 17.3 Å². The van der Waals surface area contributed by atoms with E-state index in [9.17, 15) is 19.5 Å². The van der Waals surface area contributed by atoms with E-state index in [2.05, 4.69) is 0 Å². The van der Waals surface area contributed by atoms with Gasteiger partial charge >= 0.3 is 12.1 Å². The van der Waals surface area contributed by atoms with E-state index in [0.717, 1.165) is 0 Å². The molecule has 1 aromatic rings. The molecule has 1 N–H and O–H groups in total. The monoisotopic (exact) mass is 336 g/mol. The molecule has 2 rings (SSSR count). The van der Waals surface area contributed by atoms with Gasteiger partial charge in [0.1, 0.15) is 5.75 Å². The van der Waals surface area contributed by atoms with Gasteiger partial charge in [-0.1, -0.05) is 6.07 Å². The highest BCUT2D eigenvalue weighted by molar-refractivity contribution is 5.91. The quantitative estimate of drug-likeness (QED) is 0.819. The molecular formula is C16H20N2O6. The van der Waals surface area contributed by atoms with Crippen LogP contribution in [0, 0.1) is 0 Å². The summed E-state index contributed by atoms with van der Waals surface area (Å²) in [5.74, 6) is -1.05. The fourth-order valence-electron chi connectivity index (χ4n) is 2.29. The molecule has 1 heterocycles. The number of phenolic OH excluding ortho intramolecular Hbond substituents is 1. The molecule has 1 fully saturated rings. The van der Waals surface area contributed by atoms with Crippen LogP contribution in [0.4, 0.5) is 4.79 Å². The van der Waals surface area contributed by atoms with Gasteiger partial charge in [0.15, 0.2) is 6.61 Å². The Balaban J connectivity index is 1.77. The number of phenols is 1. The van der Waals surface area contributed by atoms with Crippen molar-refractivity contribution < 1.29 is 29.0 Å². The minimum Gasteiger partial charge on any atom is -0.508 e. The summed E-state index contributed by atoms with van der Waals surface area (Å²) in [5, 5.41) is 9.33. The van der Waals surface area contributed by atoms with Crippen molar-refractivity contribution >= 4 is 18.0 Å². The lowest BCUT2D eigenvalue weighted by Gasteiger charge is -2.33. The summed E-state index contributed by atoms with van der Waals surface area (Å²) >= 11 is 0. The van der Waals surface area contributed by atoms with E-state index in [4.69, 9.17) is 9.47 Å². The Morgan fingerprint density at radius 1 is 1.08 bits per heavy atom. The maximum absolute atomic E-state index is 12.1. The number of benzene rings is 1. The van der Waals surface area contributed by atoms with E-state index in [-0.39, 0.29) is 29.9 Å². The summed E-state index contributed by atoms with van der Waals surface area (Å²) in [7, 11) is 0. The number of piperazine rings is 1. The Bertz CT molecular complexity index is 610. The van der Waals surface area contributed by atoms with Gasteiger partial charge in [0.25, 0.3) is 5.91 Å². The number of esters is 1. The van der Waals surface area contributed by atoms with Gasteiger partial charge in [-0.05, 0) is 25.1 Å². The molecule has 1 aromatic carbocycles. The molecule has 1 aliphatic rings. The van der Waals surface area contributed by atoms with E-state index in [1.807, 2.05) is 0 Å². The molecule has 0 aromatic heterocycles. The first-order chi connectivity index (χ1) is 11.5. The number of carbonyl (C=O) groups excluding carboxylic acids is 3. The molecule has 0 spiro atoms. The molecule has 8 nitrogen and oxygen atoms in total. The van der Waals surface area contributed by atoms with Crippen LogP contribution >= 0.6 is 0 Å². The van der Waals surface area contributed by atoms with Crippen LogP contribution in [-0.2, 0) is 14.3 Å². The molecular weight excluding hydrogens is 316 g/mol. The van der Waals surface area contributed by atoms with Crippen LogP contribution in [0.3, 0.4) is 0 Å². The highest BCUT2D eigenvalue weighted by Gasteiger charge is 2.25. The van der Waals surface area contributed by atoms with Crippen molar-refractivity contribution in [1.29, 1.82) is 0 Å². The summed E-state index contributed by atoms with van der Waals surface area (Å²) in [6, 6.07) is 5.71. The molecule has 1 saturated heterocycles. The molecule has 0 saturated carbocycles. The first-order valence-corrected chi connectivity index (χ1v) is 7.67. The van der Waals surface area contributed by atoms with Gasteiger partial charge in [-0.3, -0.25) is 4.79 Å². The lowest BCUT2D eigenvalue weighted by molar-refractivity contribution is -0.136. The van der Waals surface area contributed by atoms with Gasteiger partial charge in [-0.15, -0.1) is 0 Å². The molecule has 24 heavy (non-hydrogen) atoms. The van der Waals surface area contributed by atoms with Crippen LogP contribution in [0.25, 0.3) is 0 Å². The lowest BCUT2D eigenvalue weighted by atomic mass is 10.2. The minimum atomic E-state index is -0.676. The Hall–Kier alpha value is -2.77. The van der Waals surface area contributed by atoms with Crippen LogP contribution < -0.4 is 0 Å². The SMILES string of the molecule is CCOC(=O)N1CCN(C(=O)COC(=O)c2cccc(O)c2)CC1. The van der Waals surface area contributed by atoms with Gasteiger partial charge in [-0.25, -0.2) is 9.59 Å². The first kappa shape index (κ1) is 17.6. The zero-order valence-electron chi connectivity index (χ0n) is 13.4. The molecule has 8 heteroatoms. The molecule has 0 bridgehead atoms. The van der Waals surface area contributed by atoms with Crippen LogP contribution in [-0.4, -0.2) is 72.3 Å². The summed E-state index contributed by atoms with van der Waals surface area (Å²) in [4.78, 5) is 38.5. The molecule has 1 aliphatic heterocycles. The van der Waals surface area contributed by atoms with Crippen molar-refractivity contribution in [2.24, 2.45) is 0 Å². The van der Waals surface area contributed by atoms with E-state index < -0.39 is 5.97 Å². The maximum Gasteiger partial charge on any atom is 0.409 e. The Morgan fingerprint density at radius 3 is 2.38 bits per heavy atom. The summed E-state index contributed by atoms with van der Waals surface area (Å²) in [5.41, 5.74) is 0.176. The molecule has 2 amide bonds. The third-order valence-corrected chi connectivity index (χ3v) is 3.57. The minimum absolute atomic E-state index is 0.0501. The topological polar surface area (TPSA) is 96.4 Å². The van der Waals surface area contributed by atoms with E-state index in [1.165, 1.54) is 34.1 Å². The average molecular weight is 336 g/mol. The van der Waals surface area contributed by atoms with Crippen molar-refractivity contribution in [2.45, 2.75) is 6.92 Å². The number of aromatic hydroxyl groups is 1. The fourth-order valence-corrected chi connectivity index (χ4v) is 2.29. The van der Waals surface area contributed by atoms with E-state index in [1.54, 1.807) is 6.92 Å². The van der Waals surface area contributed by atoms with Crippen molar-refractivity contribution in [1.82, 2.24) is 9.80 Å². The molecule has 0 atom stereocenters. The maximum atomic E-state index is 12.1. The summed E-state index contributed by atoms with van der Waals surface area (Å²) < 4.78 is 9.87. The number of hydrogen-bond donors (Lipinski definition) is 1. The number of hydrogen-bond acceptors (Lipinski definition) is 6. The molecule has 130 valence electrons. The second-order valence-electron chi connectivity index (χ2n) is 5.19. The molecule has 0 radical (unpaired) electrons. The highest BCUT2D eigenvalue weighted by Crippen LogP contribution is 2.12. The molecule has 0 unspecified atom stereocenters. The van der Waals surface area contributed by atoms with Gasteiger partial charge in [0.05, 0.1) is 12.2 Å². The van der Waals surface area contributed by atoms with Gasteiger partial charge in [-0.2, -0.15) is 0 Å². The number of carbonyl (C=O) groups is 3. The first-order valence-electron chi connectivity index (χ1n) is 7.67. The second-order valence-corrected chi connectivity index (χ2v) is 5.19. The van der Waals surface area contributed by atoms with Gasteiger partial charge in [0.2, 0.25) is 0 Å². The number of rotatable bonds is 4. The normalized spacial score (nSPS) is 14.2. The molecule has 0 aliphatic carbocycles. The smallest absolute Gasteiger partial charge is 0.409 e. The van der Waals surface area contributed by atoms with E-state index in [0.29, 0.717) is 32.8 Å². The van der Waals surface area contributed by atoms with Crippen LogP contribution in [0.15, 0.2) is 24.3 Å². The summed E-state index contributed by atoms with van der Waals surface area (Å²) in [6.07, 6.45) is -0.389. The Morgan fingerprint density at radius 2 is 1.75 bits per heavy atom. The largest absolute Gasteiger partial charge is 0.508 e. The van der Waals surface area contributed by atoms with Crippen molar-refractivity contribution in [3.63, 3.8) is 0 Å². The standard InChI is InChI=1S/C16H20N2O6/c1-2-23-16(22)18-8-6-17(7-9-18)14(20)11-24-15(21)12-4-3-5-13(19)10-12/h3-5,10,19H,2,6-9,11H2,1H3. The van der Waals surface area contributed by atoms with Crippen molar-refractivity contribution in [3.8, 4) is 5.75 Å². The third kappa shape index (κ3) is 4.61. The van der Waals surface area contributed by atoms with Crippen molar-refractivity contribution in [2.75, 3.05) is 39.4 Å². The lowest BCUT2D eigenvalue weighted by Crippen LogP contribution is -2.51. The van der Waals surface area contributed by atoms with Crippen molar-refractivity contribution in [3.05, 3.63) is 29.8 Å². The zero-order valence-corrected chi connectivity index (χ0v) is 13.4. The van der Waals surface area contributed by atoms with E-state index >= 15 is 0 Å². The average Bonchev–Trinajstić information content (AvgIpc) is 2.59. The number of nitrogens with zero attached hydrogens (tertiary/aromatic N) is 2. The Labute approximate surface area is 139 Å². The number of ether oxygens (including phenoxy) is 2. The predicted octanol–water partition coefficient (Wildman–Crippen LogP) is 0.850. The fraction of sp³-hybridized carbons (Fsp3) is 0.438. The third-order valence-electron chi connectivity index (χ3n) is 3.57. The summed E-state index contributed by atoms with van der Waals surface area (Å²) in [6.45, 7) is 3.15. The van der Waals surface area contributed by atoms with Gasteiger partial charge < -0.3 is 24.4 Å².